The van der Waals surface area contributed by atoms with E-state index in [2.05, 4.69) is 31.6 Å². The van der Waals surface area contributed by atoms with Gasteiger partial charge < -0.3 is 14.8 Å². The highest BCUT2D eigenvalue weighted by Crippen LogP contribution is 2.22. The van der Waals surface area contributed by atoms with E-state index in [1.807, 2.05) is 19.4 Å². The molecule has 6 nitrogen and oxygen atoms in total. The Morgan fingerprint density at radius 1 is 1.39 bits per heavy atom. The number of halogens is 1. The fourth-order valence-electron chi connectivity index (χ4n) is 3.62. The number of likely N-dealkylation sites (tertiary alicyclic amines) is 1. The van der Waals surface area contributed by atoms with E-state index in [4.69, 9.17) is 0 Å². The van der Waals surface area contributed by atoms with Crippen molar-refractivity contribution in [2.45, 2.75) is 38.3 Å². The summed E-state index contributed by atoms with van der Waals surface area (Å²) in [5, 5.41) is 3.42. The Hall–Kier alpha value is -1.11. The molecule has 0 spiro atoms. The number of carbonyl (C=O) groups excluding carboxylic acids is 1. The van der Waals surface area contributed by atoms with Gasteiger partial charge in [-0.1, -0.05) is 0 Å². The first-order valence-corrected chi connectivity index (χ1v) is 8.38. The Kier molecular flexibility index (Phi) is 6.44. The SMILES string of the molecule is CC1CCCCN1C(=O)CN1CCNCC1c1nccn1C.Cl. The lowest BCUT2D eigenvalue weighted by atomic mass is 10.0. The van der Waals surface area contributed by atoms with Gasteiger partial charge in [0.2, 0.25) is 5.91 Å². The van der Waals surface area contributed by atoms with Crippen molar-refractivity contribution in [1.29, 1.82) is 0 Å². The van der Waals surface area contributed by atoms with Crippen LogP contribution >= 0.6 is 12.4 Å². The number of piperidine rings is 1. The van der Waals surface area contributed by atoms with Crippen molar-refractivity contribution in [2.75, 3.05) is 32.7 Å². The Morgan fingerprint density at radius 2 is 2.22 bits per heavy atom. The molecule has 0 bridgehead atoms. The molecule has 2 unspecified atom stereocenters. The molecular formula is C16H28ClN5O. The average molecular weight is 342 g/mol. The third kappa shape index (κ3) is 4.05. The molecule has 23 heavy (non-hydrogen) atoms. The number of hydrogen-bond acceptors (Lipinski definition) is 4. The van der Waals surface area contributed by atoms with E-state index in [1.165, 1.54) is 6.42 Å². The number of aryl methyl sites for hydroxylation is 1. The molecule has 0 radical (unpaired) electrons. The summed E-state index contributed by atoms with van der Waals surface area (Å²) in [5.74, 6) is 1.31. The second-order valence-electron chi connectivity index (χ2n) is 6.52. The highest BCUT2D eigenvalue weighted by atomic mass is 35.5. The van der Waals surface area contributed by atoms with Gasteiger partial charge in [0, 0.05) is 51.7 Å². The maximum Gasteiger partial charge on any atom is 0.237 e. The average Bonchev–Trinajstić information content (AvgIpc) is 2.94. The second-order valence-corrected chi connectivity index (χ2v) is 6.52. The smallest absolute Gasteiger partial charge is 0.237 e. The standard InChI is InChI=1S/C16H27N5O.ClH/c1-13-5-3-4-8-21(13)15(22)12-20-10-6-17-11-14(20)16-18-7-9-19(16)2;/h7,9,13-14,17H,3-6,8,10-12H2,1-2H3;1H. The van der Waals surface area contributed by atoms with Crippen LogP contribution in [0.4, 0.5) is 0 Å². The number of imidazole rings is 1. The molecule has 0 saturated carbocycles. The number of nitrogens with one attached hydrogen (secondary N) is 1. The van der Waals surface area contributed by atoms with E-state index >= 15 is 0 Å². The van der Waals surface area contributed by atoms with Gasteiger partial charge in [0.05, 0.1) is 12.6 Å². The molecule has 2 aliphatic rings. The number of piperazine rings is 1. The summed E-state index contributed by atoms with van der Waals surface area (Å²) < 4.78 is 2.05. The number of aromatic nitrogens is 2. The molecule has 1 aromatic rings. The molecule has 0 aliphatic carbocycles. The van der Waals surface area contributed by atoms with E-state index in [-0.39, 0.29) is 24.4 Å². The minimum absolute atomic E-state index is 0. The van der Waals surface area contributed by atoms with Crippen LogP contribution in [0.2, 0.25) is 0 Å². The van der Waals surface area contributed by atoms with Gasteiger partial charge in [-0.15, -0.1) is 12.4 Å². The summed E-state index contributed by atoms with van der Waals surface area (Å²) in [5.41, 5.74) is 0. The predicted octanol–water partition coefficient (Wildman–Crippen LogP) is 1.19. The Labute approximate surface area is 144 Å². The van der Waals surface area contributed by atoms with Crippen LogP contribution < -0.4 is 5.32 Å². The molecule has 2 aliphatic heterocycles. The van der Waals surface area contributed by atoms with Crippen LogP contribution in [0.1, 0.15) is 38.1 Å². The highest BCUT2D eigenvalue weighted by Gasteiger charge is 2.31. The van der Waals surface area contributed by atoms with Crippen LogP contribution in [0.25, 0.3) is 0 Å². The van der Waals surface area contributed by atoms with E-state index in [0.29, 0.717) is 12.6 Å². The Morgan fingerprint density at radius 3 is 2.91 bits per heavy atom. The molecule has 3 heterocycles. The summed E-state index contributed by atoms with van der Waals surface area (Å²) in [7, 11) is 2.02. The fourth-order valence-corrected chi connectivity index (χ4v) is 3.62. The number of amides is 1. The number of nitrogens with zero attached hydrogens (tertiary/aromatic N) is 4. The molecule has 2 saturated heterocycles. The van der Waals surface area contributed by atoms with Crippen molar-refractivity contribution in [3.8, 4) is 0 Å². The molecule has 3 rings (SSSR count). The van der Waals surface area contributed by atoms with Gasteiger partial charge >= 0.3 is 0 Å². The van der Waals surface area contributed by atoms with Gasteiger partial charge in [0.25, 0.3) is 0 Å². The van der Waals surface area contributed by atoms with Gasteiger partial charge in [-0.2, -0.15) is 0 Å². The quantitative estimate of drug-likeness (QED) is 0.897. The molecule has 2 fully saturated rings. The van der Waals surface area contributed by atoms with Crippen molar-refractivity contribution in [1.82, 2.24) is 24.7 Å². The van der Waals surface area contributed by atoms with Gasteiger partial charge in [-0.05, 0) is 26.2 Å². The van der Waals surface area contributed by atoms with Crippen molar-refractivity contribution in [2.24, 2.45) is 7.05 Å². The molecular weight excluding hydrogens is 314 g/mol. The van der Waals surface area contributed by atoms with Gasteiger partial charge in [-0.25, -0.2) is 4.98 Å². The molecule has 1 amide bonds. The van der Waals surface area contributed by atoms with Gasteiger partial charge in [-0.3, -0.25) is 9.69 Å². The monoisotopic (exact) mass is 341 g/mol. The molecule has 1 N–H and O–H groups in total. The van der Waals surface area contributed by atoms with E-state index < -0.39 is 0 Å². The third-order valence-corrected chi connectivity index (χ3v) is 4.97. The largest absolute Gasteiger partial charge is 0.339 e. The van der Waals surface area contributed by atoms with E-state index in [9.17, 15) is 4.79 Å². The van der Waals surface area contributed by atoms with Crippen molar-refractivity contribution < 1.29 is 4.79 Å². The van der Waals surface area contributed by atoms with Crippen LogP contribution in [0, 0.1) is 0 Å². The maximum atomic E-state index is 12.7. The molecule has 0 aromatic carbocycles. The lowest BCUT2D eigenvalue weighted by molar-refractivity contribution is -0.136. The Bertz CT molecular complexity index is 520. The zero-order chi connectivity index (χ0) is 15.5. The fraction of sp³-hybridized carbons (Fsp3) is 0.750. The van der Waals surface area contributed by atoms with Crippen LogP contribution in [0.5, 0.6) is 0 Å². The number of carbonyl (C=O) groups is 1. The Balaban J connectivity index is 0.00000192. The molecule has 7 heteroatoms. The minimum Gasteiger partial charge on any atom is -0.339 e. The zero-order valence-electron chi connectivity index (χ0n) is 14.1. The van der Waals surface area contributed by atoms with Crippen LogP contribution in [0.15, 0.2) is 12.4 Å². The topological polar surface area (TPSA) is 53.4 Å². The zero-order valence-corrected chi connectivity index (χ0v) is 14.9. The molecule has 1 aromatic heterocycles. The van der Waals surface area contributed by atoms with Gasteiger partial charge in [0.1, 0.15) is 5.82 Å². The predicted molar refractivity (Wildman–Crippen MR) is 92.7 cm³/mol. The maximum absolute atomic E-state index is 12.7. The third-order valence-electron chi connectivity index (χ3n) is 4.97. The van der Waals surface area contributed by atoms with E-state index in [0.717, 1.165) is 44.8 Å². The van der Waals surface area contributed by atoms with Gasteiger partial charge in [0.15, 0.2) is 0 Å². The summed E-state index contributed by atoms with van der Waals surface area (Å²) in [6.45, 7) is 6.27. The van der Waals surface area contributed by atoms with Crippen molar-refractivity contribution in [3.05, 3.63) is 18.2 Å². The van der Waals surface area contributed by atoms with Crippen LogP contribution in [-0.4, -0.2) is 64.0 Å². The molecule has 130 valence electrons. The first-order chi connectivity index (χ1) is 10.7. The van der Waals surface area contributed by atoms with E-state index in [1.54, 1.807) is 0 Å². The summed E-state index contributed by atoms with van der Waals surface area (Å²) in [4.78, 5) is 21.5. The van der Waals surface area contributed by atoms with Crippen molar-refractivity contribution >= 4 is 18.3 Å². The lowest BCUT2D eigenvalue weighted by Gasteiger charge is -2.39. The van der Waals surface area contributed by atoms with Crippen LogP contribution in [-0.2, 0) is 11.8 Å². The lowest BCUT2D eigenvalue weighted by Crippen LogP contribution is -2.52. The summed E-state index contributed by atoms with van der Waals surface area (Å²) >= 11 is 0. The summed E-state index contributed by atoms with van der Waals surface area (Å²) in [6, 6.07) is 0.563. The first-order valence-electron chi connectivity index (χ1n) is 8.38. The van der Waals surface area contributed by atoms with Crippen LogP contribution in [0.3, 0.4) is 0 Å². The normalized spacial score (nSPS) is 25.9. The molecule has 2 atom stereocenters. The minimum atomic E-state index is 0. The first kappa shape index (κ1) is 18.2. The van der Waals surface area contributed by atoms with Crippen molar-refractivity contribution in [3.63, 3.8) is 0 Å². The number of hydrogen-bond donors (Lipinski definition) is 1. The summed E-state index contributed by atoms with van der Waals surface area (Å²) in [6.07, 6.45) is 7.32. The highest BCUT2D eigenvalue weighted by molar-refractivity contribution is 5.85. The number of rotatable bonds is 3. The second kappa shape index (κ2) is 8.13.